The number of anilines is 1. The standard InChI is InChI=1S/C9H12N2OS/c1-6-7-2-3-10-4-8(7)13-9(6)11-5-12/h5,10H,2-4H2,1H3,(H,11,12). The van der Waals surface area contributed by atoms with Crippen LogP contribution in [-0.2, 0) is 17.8 Å². The molecular weight excluding hydrogens is 184 g/mol. The Labute approximate surface area is 81.2 Å². The Bertz CT molecular complexity index is 333. The lowest BCUT2D eigenvalue weighted by atomic mass is 10.1. The molecule has 1 aliphatic rings. The molecule has 1 amide bonds. The van der Waals surface area contributed by atoms with E-state index in [1.807, 2.05) is 0 Å². The lowest BCUT2D eigenvalue weighted by Crippen LogP contribution is -2.22. The van der Waals surface area contributed by atoms with E-state index in [-0.39, 0.29) is 0 Å². The highest BCUT2D eigenvalue weighted by atomic mass is 32.1. The molecule has 0 unspecified atom stereocenters. The van der Waals surface area contributed by atoms with Gasteiger partial charge in [0, 0.05) is 11.4 Å². The van der Waals surface area contributed by atoms with Crippen LogP contribution in [0.5, 0.6) is 0 Å². The third kappa shape index (κ3) is 1.47. The molecule has 4 heteroatoms. The van der Waals surface area contributed by atoms with Crippen LogP contribution in [0.25, 0.3) is 0 Å². The summed E-state index contributed by atoms with van der Waals surface area (Å²) in [5.74, 6) is 0. The molecule has 1 aromatic heterocycles. The van der Waals surface area contributed by atoms with E-state index in [9.17, 15) is 4.79 Å². The number of rotatable bonds is 2. The van der Waals surface area contributed by atoms with Gasteiger partial charge in [0.15, 0.2) is 0 Å². The normalized spacial score (nSPS) is 15.2. The first-order valence-corrected chi connectivity index (χ1v) is 5.16. The Balaban J connectivity index is 2.38. The fourth-order valence-corrected chi connectivity index (χ4v) is 2.87. The number of amides is 1. The monoisotopic (exact) mass is 196 g/mol. The van der Waals surface area contributed by atoms with Gasteiger partial charge in [-0.05, 0) is 31.0 Å². The molecule has 0 radical (unpaired) electrons. The number of hydrogen-bond donors (Lipinski definition) is 2. The summed E-state index contributed by atoms with van der Waals surface area (Å²) >= 11 is 1.68. The quantitative estimate of drug-likeness (QED) is 0.699. The van der Waals surface area contributed by atoms with E-state index in [2.05, 4.69) is 17.6 Å². The fourth-order valence-electron chi connectivity index (χ4n) is 1.68. The molecule has 2 N–H and O–H groups in total. The van der Waals surface area contributed by atoms with Gasteiger partial charge < -0.3 is 10.6 Å². The van der Waals surface area contributed by atoms with Crippen LogP contribution in [0.15, 0.2) is 0 Å². The van der Waals surface area contributed by atoms with Crippen LogP contribution in [0.4, 0.5) is 5.00 Å². The van der Waals surface area contributed by atoms with Crippen molar-refractivity contribution < 1.29 is 4.79 Å². The van der Waals surface area contributed by atoms with Crippen LogP contribution in [0.3, 0.4) is 0 Å². The SMILES string of the molecule is Cc1c(NC=O)sc2c1CCNC2. The number of thiophene rings is 1. The molecule has 0 atom stereocenters. The maximum absolute atomic E-state index is 10.3. The van der Waals surface area contributed by atoms with Crippen LogP contribution in [-0.4, -0.2) is 13.0 Å². The second-order valence-electron chi connectivity index (χ2n) is 3.15. The van der Waals surface area contributed by atoms with Crippen molar-refractivity contribution in [2.24, 2.45) is 0 Å². The molecular formula is C9H12N2OS. The molecule has 0 aromatic carbocycles. The van der Waals surface area contributed by atoms with Gasteiger partial charge >= 0.3 is 0 Å². The van der Waals surface area contributed by atoms with Crippen molar-refractivity contribution in [3.8, 4) is 0 Å². The minimum absolute atomic E-state index is 0.748. The molecule has 0 fully saturated rings. The molecule has 0 saturated heterocycles. The molecule has 2 heterocycles. The lowest BCUT2D eigenvalue weighted by molar-refractivity contribution is -0.105. The molecule has 1 aliphatic heterocycles. The van der Waals surface area contributed by atoms with E-state index >= 15 is 0 Å². The van der Waals surface area contributed by atoms with Crippen molar-refractivity contribution in [2.45, 2.75) is 19.9 Å². The van der Waals surface area contributed by atoms with Crippen molar-refractivity contribution >= 4 is 22.7 Å². The van der Waals surface area contributed by atoms with E-state index in [4.69, 9.17) is 0 Å². The van der Waals surface area contributed by atoms with Crippen molar-refractivity contribution in [1.82, 2.24) is 5.32 Å². The highest BCUT2D eigenvalue weighted by Crippen LogP contribution is 2.33. The molecule has 1 aromatic rings. The summed E-state index contributed by atoms with van der Waals surface area (Å²) in [7, 11) is 0. The fraction of sp³-hybridized carbons (Fsp3) is 0.444. The minimum atomic E-state index is 0.748. The summed E-state index contributed by atoms with van der Waals surface area (Å²) in [6.45, 7) is 4.07. The van der Waals surface area contributed by atoms with Crippen LogP contribution >= 0.6 is 11.3 Å². The Morgan fingerprint density at radius 1 is 1.62 bits per heavy atom. The number of carbonyl (C=O) groups is 1. The Hall–Kier alpha value is -0.870. The number of nitrogens with one attached hydrogen (secondary N) is 2. The Morgan fingerprint density at radius 2 is 2.46 bits per heavy atom. The summed E-state index contributed by atoms with van der Waals surface area (Å²) in [5, 5.41) is 7.06. The van der Waals surface area contributed by atoms with Gasteiger partial charge in [-0.25, -0.2) is 0 Å². The maximum atomic E-state index is 10.3. The molecule has 0 aliphatic carbocycles. The Morgan fingerprint density at radius 3 is 3.15 bits per heavy atom. The van der Waals surface area contributed by atoms with Crippen LogP contribution in [0.1, 0.15) is 16.0 Å². The first kappa shape index (κ1) is 8.72. The summed E-state index contributed by atoms with van der Waals surface area (Å²) < 4.78 is 0. The topological polar surface area (TPSA) is 41.1 Å². The molecule has 0 bridgehead atoms. The van der Waals surface area contributed by atoms with Gasteiger partial charge in [-0.1, -0.05) is 0 Å². The average Bonchev–Trinajstić information content (AvgIpc) is 2.46. The van der Waals surface area contributed by atoms with E-state index in [0.29, 0.717) is 0 Å². The van der Waals surface area contributed by atoms with Gasteiger partial charge in [0.1, 0.15) is 0 Å². The van der Waals surface area contributed by atoms with E-state index < -0.39 is 0 Å². The summed E-state index contributed by atoms with van der Waals surface area (Å²) in [4.78, 5) is 11.7. The van der Waals surface area contributed by atoms with Gasteiger partial charge in [-0.3, -0.25) is 4.79 Å². The average molecular weight is 196 g/mol. The zero-order valence-corrected chi connectivity index (χ0v) is 8.33. The van der Waals surface area contributed by atoms with Crippen LogP contribution in [0.2, 0.25) is 0 Å². The zero-order chi connectivity index (χ0) is 9.26. The first-order chi connectivity index (χ1) is 6.33. The number of fused-ring (bicyclic) bond motifs is 1. The largest absolute Gasteiger partial charge is 0.320 e. The Kier molecular flexibility index (Phi) is 2.33. The summed E-state index contributed by atoms with van der Waals surface area (Å²) in [6.07, 6.45) is 1.83. The van der Waals surface area contributed by atoms with Gasteiger partial charge in [0.05, 0.1) is 5.00 Å². The highest BCUT2D eigenvalue weighted by Gasteiger charge is 2.16. The second kappa shape index (κ2) is 3.47. The van der Waals surface area contributed by atoms with Crippen molar-refractivity contribution in [2.75, 3.05) is 11.9 Å². The smallest absolute Gasteiger partial charge is 0.212 e. The number of carbonyl (C=O) groups excluding carboxylic acids is 1. The molecule has 70 valence electrons. The van der Waals surface area contributed by atoms with Crippen LogP contribution < -0.4 is 10.6 Å². The predicted molar refractivity (Wildman–Crippen MR) is 54.2 cm³/mol. The van der Waals surface area contributed by atoms with Crippen molar-refractivity contribution in [3.05, 3.63) is 16.0 Å². The molecule has 3 nitrogen and oxygen atoms in total. The molecule has 13 heavy (non-hydrogen) atoms. The van der Waals surface area contributed by atoms with Gasteiger partial charge in [-0.15, -0.1) is 11.3 Å². The van der Waals surface area contributed by atoms with Crippen LogP contribution in [0, 0.1) is 6.92 Å². The molecule has 0 saturated carbocycles. The van der Waals surface area contributed by atoms with Gasteiger partial charge in [0.2, 0.25) is 6.41 Å². The van der Waals surface area contributed by atoms with E-state index in [1.54, 1.807) is 11.3 Å². The number of hydrogen-bond acceptors (Lipinski definition) is 3. The second-order valence-corrected chi connectivity index (χ2v) is 4.25. The highest BCUT2D eigenvalue weighted by molar-refractivity contribution is 7.16. The molecule has 0 spiro atoms. The third-order valence-corrected chi connectivity index (χ3v) is 3.65. The molecule has 2 rings (SSSR count). The maximum Gasteiger partial charge on any atom is 0.212 e. The van der Waals surface area contributed by atoms with Gasteiger partial charge in [0.25, 0.3) is 0 Å². The predicted octanol–water partition coefficient (Wildman–Crippen LogP) is 1.27. The van der Waals surface area contributed by atoms with E-state index in [1.165, 1.54) is 16.0 Å². The first-order valence-electron chi connectivity index (χ1n) is 4.35. The van der Waals surface area contributed by atoms with Crippen molar-refractivity contribution in [1.29, 1.82) is 0 Å². The lowest BCUT2D eigenvalue weighted by Gasteiger charge is -2.12. The summed E-state index contributed by atoms with van der Waals surface area (Å²) in [6, 6.07) is 0. The minimum Gasteiger partial charge on any atom is -0.320 e. The van der Waals surface area contributed by atoms with Gasteiger partial charge in [-0.2, -0.15) is 0 Å². The zero-order valence-electron chi connectivity index (χ0n) is 7.52. The van der Waals surface area contributed by atoms with Crippen molar-refractivity contribution in [3.63, 3.8) is 0 Å². The third-order valence-electron chi connectivity index (χ3n) is 2.38. The summed E-state index contributed by atoms with van der Waals surface area (Å²) in [5.41, 5.74) is 2.67. The van der Waals surface area contributed by atoms with E-state index in [0.717, 1.165) is 30.9 Å².